The van der Waals surface area contributed by atoms with Gasteiger partial charge in [0.1, 0.15) is 5.82 Å². The first-order chi connectivity index (χ1) is 8.08. The van der Waals surface area contributed by atoms with E-state index in [4.69, 9.17) is 0 Å². The number of nitrogens with one attached hydrogen (secondary N) is 1. The van der Waals surface area contributed by atoms with Crippen molar-refractivity contribution in [3.8, 4) is 0 Å². The second-order valence-corrected chi connectivity index (χ2v) is 5.39. The number of rotatable bonds is 3. The smallest absolute Gasteiger partial charge is 0.255 e. The average Bonchev–Trinajstić information content (AvgIpc) is 2.23. The minimum Gasteiger partial charge on any atom is -0.346 e. The number of carbonyl (C=O) groups excluding carboxylic acids is 1. The average molecular weight is 300 g/mol. The Hall–Kier alpha value is -0.900. The summed E-state index contributed by atoms with van der Waals surface area (Å²) in [6.45, 7) is 2.05. The third kappa shape index (κ3) is 2.37. The summed E-state index contributed by atoms with van der Waals surface area (Å²) in [6, 6.07) is 4.56. The standard InChI is InChI=1S/C13H15BrFNO/c1-2-13(7-4-8-13)16-12(17)11-9(14)5-3-6-10(11)15/h3,5-6H,2,4,7-8H2,1H3,(H,16,17). The van der Waals surface area contributed by atoms with E-state index in [2.05, 4.69) is 28.2 Å². The van der Waals surface area contributed by atoms with Crippen molar-refractivity contribution < 1.29 is 9.18 Å². The Morgan fingerprint density at radius 1 is 1.53 bits per heavy atom. The first-order valence-corrected chi connectivity index (χ1v) is 6.64. The van der Waals surface area contributed by atoms with Gasteiger partial charge in [-0.1, -0.05) is 13.0 Å². The molecule has 1 N–H and O–H groups in total. The molecule has 92 valence electrons. The Bertz CT molecular complexity index is 417. The summed E-state index contributed by atoms with van der Waals surface area (Å²) in [5.74, 6) is -0.807. The minimum absolute atomic E-state index is 0.104. The Kier molecular flexibility index (Phi) is 3.52. The highest BCUT2D eigenvalue weighted by Crippen LogP contribution is 2.35. The Labute approximate surface area is 109 Å². The molecule has 2 rings (SSSR count). The monoisotopic (exact) mass is 299 g/mol. The number of carbonyl (C=O) groups is 1. The molecule has 0 saturated heterocycles. The predicted molar refractivity (Wildman–Crippen MR) is 68.4 cm³/mol. The summed E-state index contributed by atoms with van der Waals surface area (Å²) >= 11 is 3.22. The summed E-state index contributed by atoms with van der Waals surface area (Å²) in [6.07, 6.45) is 4.00. The van der Waals surface area contributed by atoms with Crippen LogP contribution >= 0.6 is 15.9 Å². The lowest BCUT2D eigenvalue weighted by molar-refractivity contribution is 0.0815. The lowest BCUT2D eigenvalue weighted by atomic mass is 9.74. The summed E-state index contributed by atoms with van der Waals surface area (Å²) in [4.78, 5) is 12.1. The molecule has 0 bridgehead atoms. The molecule has 1 aliphatic carbocycles. The van der Waals surface area contributed by atoms with Gasteiger partial charge in [0.15, 0.2) is 0 Å². The molecule has 1 saturated carbocycles. The van der Waals surface area contributed by atoms with Crippen molar-refractivity contribution in [3.05, 3.63) is 34.1 Å². The molecular weight excluding hydrogens is 285 g/mol. The van der Waals surface area contributed by atoms with Crippen LogP contribution in [0.1, 0.15) is 43.0 Å². The molecule has 0 radical (unpaired) electrons. The van der Waals surface area contributed by atoms with Gasteiger partial charge in [-0.25, -0.2) is 4.39 Å². The quantitative estimate of drug-likeness (QED) is 0.907. The van der Waals surface area contributed by atoms with Gasteiger partial charge in [-0.3, -0.25) is 4.79 Å². The van der Waals surface area contributed by atoms with Gasteiger partial charge in [0.2, 0.25) is 0 Å². The molecule has 1 aromatic carbocycles. The van der Waals surface area contributed by atoms with Crippen molar-refractivity contribution >= 4 is 21.8 Å². The van der Waals surface area contributed by atoms with E-state index < -0.39 is 5.82 Å². The van der Waals surface area contributed by atoms with Crippen LogP contribution in [-0.2, 0) is 0 Å². The maximum absolute atomic E-state index is 13.6. The van der Waals surface area contributed by atoms with E-state index >= 15 is 0 Å². The maximum Gasteiger partial charge on any atom is 0.255 e. The van der Waals surface area contributed by atoms with Crippen molar-refractivity contribution in [2.75, 3.05) is 0 Å². The summed E-state index contributed by atoms with van der Waals surface area (Å²) in [5.41, 5.74) is -0.00838. The van der Waals surface area contributed by atoms with Gasteiger partial charge in [-0.2, -0.15) is 0 Å². The van der Waals surface area contributed by atoms with Gasteiger partial charge < -0.3 is 5.32 Å². The summed E-state index contributed by atoms with van der Waals surface area (Å²) in [5, 5.41) is 2.97. The fourth-order valence-corrected chi connectivity index (χ4v) is 2.71. The molecule has 1 aromatic rings. The zero-order valence-corrected chi connectivity index (χ0v) is 11.3. The second-order valence-electron chi connectivity index (χ2n) is 4.54. The van der Waals surface area contributed by atoms with Crippen LogP contribution in [0.25, 0.3) is 0 Å². The van der Waals surface area contributed by atoms with Crippen LogP contribution in [0.3, 0.4) is 0 Å². The molecule has 1 fully saturated rings. The molecule has 0 aliphatic heterocycles. The predicted octanol–water partition coefficient (Wildman–Crippen LogP) is 3.65. The van der Waals surface area contributed by atoms with Crippen molar-refractivity contribution in [2.45, 2.75) is 38.1 Å². The highest BCUT2D eigenvalue weighted by Gasteiger charge is 2.37. The van der Waals surface area contributed by atoms with Crippen LogP contribution in [0.2, 0.25) is 0 Å². The first kappa shape index (κ1) is 12.6. The molecular formula is C13H15BrFNO. The van der Waals surface area contributed by atoms with E-state index in [1.54, 1.807) is 12.1 Å². The minimum atomic E-state index is -0.484. The number of hydrogen-bond donors (Lipinski definition) is 1. The fourth-order valence-electron chi connectivity index (χ4n) is 2.19. The van der Waals surface area contributed by atoms with Gasteiger partial charge in [0.25, 0.3) is 5.91 Å². The molecule has 0 atom stereocenters. The van der Waals surface area contributed by atoms with Crippen LogP contribution in [-0.4, -0.2) is 11.4 Å². The molecule has 0 unspecified atom stereocenters. The summed E-state index contributed by atoms with van der Waals surface area (Å²) in [7, 11) is 0. The van der Waals surface area contributed by atoms with E-state index in [1.807, 2.05) is 0 Å². The maximum atomic E-state index is 13.6. The van der Waals surface area contributed by atoms with Crippen molar-refractivity contribution in [3.63, 3.8) is 0 Å². The van der Waals surface area contributed by atoms with Crippen molar-refractivity contribution in [2.24, 2.45) is 0 Å². The number of halogens is 2. The Morgan fingerprint density at radius 3 is 2.71 bits per heavy atom. The molecule has 0 aromatic heterocycles. The highest BCUT2D eigenvalue weighted by molar-refractivity contribution is 9.10. The Morgan fingerprint density at radius 2 is 2.24 bits per heavy atom. The third-order valence-electron chi connectivity index (χ3n) is 3.56. The van der Waals surface area contributed by atoms with E-state index in [9.17, 15) is 9.18 Å². The number of benzene rings is 1. The fraction of sp³-hybridized carbons (Fsp3) is 0.462. The zero-order chi connectivity index (χ0) is 12.5. The van der Waals surface area contributed by atoms with Crippen LogP contribution < -0.4 is 5.32 Å². The highest BCUT2D eigenvalue weighted by atomic mass is 79.9. The summed E-state index contributed by atoms with van der Waals surface area (Å²) < 4.78 is 14.1. The molecule has 1 amide bonds. The second kappa shape index (κ2) is 4.77. The van der Waals surface area contributed by atoms with Crippen LogP contribution in [0.5, 0.6) is 0 Å². The molecule has 4 heteroatoms. The third-order valence-corrected chi connectivity index (χ3v) is 4.22. The van der Waals surface area contributed by atoms with E-state index in [0.29, 0.717) is 4.47 Å². The van der Waals surface area contributed by atoms with Gasteiger partial charge >= 0.3 is 0 Å². The van der Waals surface area contributed by atoms with Gasteiger partial charge in [0, 0.05) is 10.0 Å². The Balaban J connectivity index is 2.20. The van der Waals surface area contributed by atoms with Crippen LogP contribution in [0.4, 0.5) is 4.39 Å². The molecule has 1 aliphatic rings. The van der Waals surface area contributed by atoms with Gasteiger partial charge in [0.05, 0.1) is 5.56 Å². The van der Waals surface area contributed by atoms with Crippen LogP contribution in [0.15, 0.2) is 22.7 Å². The number of amides is 1. The van der Waals surface area contributed by atoms with Crippen LogP contribution in [0, 0.1) is 5.82 Å². The topological polar surface area (TPSA) is 29.1 Å². The lowest BCUT2D eigenvalue weighted by Gasteiger charge is -2.42. The van der Waals surface area contributed by atoms with Gasteiger partial charge in [-0.15, -0.1) is 0 Å². The molecule has 2 nitrogen and oxygen atoms in total. The van der Waals surface area contributed by atoms with Gasteiger partial charge in [-0.05, 0) is 53.7 Å². The lowest BCUT2D eigenvalue weighted by Crippen LogP contribution is -2.53. The molecule has 0 heterocycles. The zero-order valence-electron chi connectivity index (χ0n) is 9.72. The number of hydrogen-bond acceptors (Lipinski definition) is 1. The molecule has 0 spiro atoms. The van der Waals surface area contributed by atoms with Crippen molar-refractivity contribution in [1.29, 1.82) is 0 Å². The largest absolute Gasteiger partial charge is 0.346 e. The molecule has 17 heavy (non-hydrogen) atoms. The van der Waals surface area contributed by atoms with E-state index in [1.165, 1.54) is 6.07 Å². The van der Waals surface area contributed by atoms with Crippen molar-refractivity contribution in [1.82, 2.24) is 5.32 Å². The van der Waals surface area contributed by atoms with E-state index in [-0.39, 0.29) is 17.0 Å². The van der Waals surface area contributed by atoms with E-state index in [0.717, 1.165) is 25.7 Å². The SMILES string of the molecule is CCC1(NC(=O)c2c(F)cccc2Br)CCC1. The first-order valence-electron chi connectivity index (χ1n) is 5.84. The normalized spacial score (nSPS) is 17.4.